The lowest BCUT2D eigenvalue weighted by atomic mass is 10.0. The zero-order valence-electron chi connectivity index (χ0n) is 40.2. The van der Waals surface area contributed by atoms with Gasteiger partial charge in [0.15, 0.2) is 6.10 Å². The minimum absolute atomic E-state index is 0.0315. The number of hydrogen-bond donors (Lipinski definition) is 1. The third-order valence-corrected chi connectivity index (χ3v) is 12.3. The van der Waals surface area contributed by atoms with Crippen molar-refractivity contribution < 1.29 is 42.1 Å². The molecule has 10 heteroatoms. The molecule has 0 aliphatic rings. The van der Waals surface area contributed by atoms with Gasteiger partial charge in [0.25, 0.3) is 0 Å². The van der Waals surface area contributed by atoms with Gasteiger partial charge in [-0.15, -0.1) is 0 Å². The topological polar surface area (TPSA) is 108 Å². The summed E-state index contributed by atoms with van der Waals surface area (Å²) < 4.78 is 34.4. The minimum atomic E-state index is -4.38. The molecule has 0 aromatic heterocycles. The highest BCUT2D eigenvalue weighted by molar-refractivity contribution is 7.47. The molecule has 356 valence electrons. The Morgan fingerprint density at radius 2 is 0.867 bits per heavy atom. The van der Waals surface area contributed by atoms with E-state index in [0.717, 1.165) is 25.7 Å². The van der Waals surface area contributed by atoms with E-state index in [1.54, 1.807) is 0 Å². The summed E-state index contributed by atoms with van der Waals surface area (Å²) in [4.78, 5) is 35.4. The van der Waals surface area contributed by atoms with Crippen LogP contribution in [0.15, 0.2) is 12.2 Å². The monoisotopic (exact) mass is 873 g/mol. The van der Waals surface area contributed by atoms with Crippen molar-refractivity contribution in [1.29, 1.82) is 0 Å². The number of esters is 2. The predicted molar refractivity (Wildman–Crippen MR) is 252 cm³/mol. The van der Waals surface area contributed by atoms with Crippen LogP contribution in [0.3, 0.4) is 0 Å². The Bertz CT molecular complexity index is 1030. The highest BCUT2D eigenvalue weighted by Crippen LogP contribution is 2.43. The highest BCUT2D eigenvalue weighted by atomic mass is 31.2. The molecule has 0 amide bonds. The van der Waals surface area contributed by atoms with Gasteiger partial charge in [-0.1, -0.05) is 212 Å². The van der Waals surface area contributed by atoms with Crippen LogP contribution in [-0.4, -0.2) is 74.9 Å². The maximum Gasteiger partial charge on any atom is 0.472 e. The standard InChI is InChI=1S/C50H98NO8P/c1-6-8-10-12-14-16-18-20-21-22-23-24-25-26-27-28-29-31-32-34-36-38-40-42-49(52)56-46-48(47-58-60(54,55)57-45-44-51(3,4)5)59-50(53)43-41-39-37-35-33-30-19-17-15-13-11-9-7-2/h34,36,48H,6-33,35,37-47H2,1-5H3/p+1/b36-34+/t48-/m0/s1. The Morgan fingerprint density at radius 1 is 0.500 bits per heavy atom. The van der Waals surface area contributed by atoms with E-state index in [2.05, 4.69) is 26.0 Å². The molecule has 0 aromatic rings. The van der Waals surface area contributed by atoms with Crippen LogP contribution >= 0.6 is 7.82 Å². The van der Waals surface area contributed by atoms with Crippen LogP contribution in [0.5, 0.6) is 0 Å². The number of hydrogen-bond acceptors (Lipinski definition) is 7. The molecule has 0 rings (SSSR count). The van der Waals surface area contributed by atoms with Gasteiger partial charge in [0.05, 0.1) is 27.7 Å². The minimum Gasteiger partial charge on any atom is -0.462 e. The predicted octanol–water partition coefficient (Wildman–Crippen LogP) is 14.9. The molecular formula is C50H99NO8P+. The molecule has 1 unspecified atom stereocenters. The zero-order valence-corrected chi connectivity index (χ0v) is 41.1. The summed E-state index contributed by atoms with van der Waals surface area (Å²) in [6.07, 6.45) is 47.1. The second kappa shape index (κ2) is 43.0. The molecule has 9 nitrogen and oxygen atoms in total. The molecule has 0 radical (unpaired) electrons. The molecule has 0 saturated heterocycles. The number of ether oxygens (including phenoxy) is 2. The summed E-state index contributed by atoms with van der Waals surface area (Å²) in [5, 5.41) is 0. The van der Waals surface area contributed by atoms with Crippen molar-refractivity contribution in [2.24, 2.45) is 0 Å². The lowest BCUT2D eigenvalue weighted by Gasteiger charge is -2.24. The second-order valence-electron chi connectivity index (χ2n) is 18.6. The van der Waals surface area contributed by atoms with Crippen molar-refractivity contribution in [3.63, 3.8) is 0 Å². The molecule has 1 N–H and O–H groups in total. The van der Waals surface area contributed by atoms with Crippen molar-refractivity contribution in [3.8, 4) is 0 Å². The molecule has 0 fully saturated rings. The van der Waals surface area contributed by atoms with Gasteiger partial charge in [0.2, 0.25) is 0 Å². The number of nitrogens with zero attached hydrogens (tertiary/aromatic N) is 1. The fraction of sp³-hybridized carbons (Fsp3) is 0.920. The molecular weight excluding hydrogens is 774 g/mol. The first-order valence-corrected chi connectivity index (χ1v) is 26.9. The summed E-state index contributed by atoms with van der Waals surface area (Å²) in [5.41, 5.74) is 0. The number of quaternary nitrogens is 1. The van der Waals surface area contributed by atoms with E-state index >= 15 is 0 Å². The maximum absolute atomic E-state index is 12.7. The molecule has 2 atom stereocenters. The Balaban J connectivity index is 4.19. The van der Waals surface area contributed by atoms with Gasteiger partial charge in [-0.05, 0) is 32.1 Å². The van der Waals surface area contributed by atoms with E-state index in [4.69, 9.17) is 18.5 Å². The number of carbonyl (C=O) groups excluding carboxylic acids is 2. The maximum atomic E-state index is 12.7. The van der Waals surface area contributed by atoms with Crippen LogP contribution in [0, 0.1) is 0 Å². The van der Waals surface area contributed by atoms with Gasteiger partial charge >= 0.3 is 19.8 Å². The van der Waals surface area contributed by atoms with Crippen molar-refractivity contribution in [1.82, 2.24) is 0 Å². The van der Waals surface area contributed by atoms with Gasteiger partial charge in [0, 0.05) is 12.8 Å². The third kappa shape index (κ3) is 46.3. The molecule has 0 heterocycles. The van der Waals surface area contributed by atoms with Crippen molar-refractivity contribution in [2.45, 2.75) is 251 Å². The van der Waals surface area contributed by atoms with Gasteiger partial charge in [-0.3, -0.25) is 18.6 Å². The molecule has 0 saturated carbocycles. The van der Waals surface area contributed by atoms with E-state index in [9.17, 15) is 19.0 Å². The fourth-order valence-electron chi connectivity index (χ4n) is 7.31. The smallest absolute Gasteiger partial charge is 0.462 e. The first-order valence-electron chi connectivity index (χ1n) is 25.4. The van der Waals surface area contributed by atoms with Crippen LogP contribution < -0.4 is 0 Å². The number of carbonyl (C=O) groups is 2. The molecule has 0 spiro atoms. The van der Waals surface area contributed by atoms with E-state index in [1.807, 2.05) is 21.1 Å². The Labute approximate surface area is 371 Å². The van der Waals surface area contributed by atoms with E-state index in [0.29, 0.717) is 23.9 Å². The van der Waals surface area contributed by atoms with E-state index in [1.165, 1.54) is 180 Å². The van der Waals surface area contributed by atoms with E-state index in [-0.39, 0.29) is 26.1 Å². The van der Waals surface area contributed by atoms with Crippen molar-refractivity contribution in [2.75, 3.05) is 47.5 Å². The molecule has 0 aliphatic heterocycles. The van der Waals surface area contributed by atoms with Crippen LogP contribution in [0.25, 0.3) is 0 Å². The quantitative estimate of drug-likeness (QED) is 0.0212. The number of phosphoric acid groups is 1. The summed E-state index contributed by atoms with van der Waals surface area (Å²) in [6.45, 7) is 4.43. The Morgan fingerprint density at radius 3 is 1.28 bits per heavy atom. The molecule has 0 aromatic carbocycles. The summed E-state index contributed by atoms with van der Waals surface area (Å²) in [5.74, 6) is -0.822. The average molecular weight is 873 g/mol. The molecule has 60 heavy (non-hydrogen) atoms. The van der Waals surface area contributed by atoms with Crippen molar-refractivity contribution >= 4 is 19.8 Å². The van der Waals surface area contributed by atoms with Gasteiger partial charge < -0.3 is 18.9 Å². The average Bonchev–Trinajstić information content (AvgIpc) is 3.20. The number of likely N-dealkylation sites (N-methyl/N-ethyl adjacent to an activating group) is 1. The lowest BCUT2D eigenvalue weighted by molar-refractivity contribution is -0.870. The van der Waals surface area contributed by atoms with Crippen LogP contribution in [0.1, 0.15) is 245 Å². The Kier molecular flexibility index (Phi) is 42.1. The van der Waals surface area contributed by atoms with Crippen LogP contribution in [0.4, 0.5) is 0 Å². The lowest BCUT2D eigenvalue weighted by Crippen LogP contribution is -2.37. The van der Waals surface area contributed by atoms with E-state index < -0.39 is 32.5 Å². The molecule has 0 aliphatic carbocycles. The number of phosphoric ester groups is 1. The first-order chi connectivity index (χ1) is 29.0. The summed E-state index contributed by atoms with van der Waals surface area (Å²) >= 11 is 0. The van der Waals surface area contributed by atoms with Gasteiger partial charge in [-0.2, -0.15) is 0 Å². The van der Waals surface area contributed by atoms with Gasteiger partial charge in [-0.25, -0.2) is 4.57 Å². The highest BCUT2D eigenvalue weighted by Gasteiger charge is 2.27. The van der Waals surface area contributed by atoms with Crippen LogP contribution in [-0.2, 0) is 32.7 Å². The second-order valence-corrected chi connectivity index (χ2v) is 20.0. The Hall–Kier alpha value is -1.25. The number of unbranched alkanes of at least 4 members (excludes halogenated alkanes) is 31. The summed E-state index contributed by atoms with van der Waals surface area (Å²) in [7, 11) is 1.48. The fourth-order valence-corrected chi connectivity index (χ4v) is 8.06. The zero-order chi connectivity index (χ0) is 44.3. The molecule has 0 bridgehead atoms. The van der Waals surface area contributed by atoms with Crippen molar-refractivity contribution in [3.05, 3.63) is 12.2 Å². The largest absolute Gasteiger partial charge is 0.472 e. The van der Waals surface area contributed by atoms with Crippen LogP contribution in [0.2, 0.25) is 0 Å². The summed E-state index contributed by atoms with van der Waals surface area (Å²) in [6, 6.07) is 0. The van der Waals surface area contributed by atoms with Gasteiger partial charge in [0.1, 0.15) is 19.8 Å². The number of rotatable bonds is 47. The third-order valence-electron chi connectivity index (χ3n) is 11.3. The first kappa shape index (κ1) is 58.8. The normalized spacial score (nSPS) is 13.5. The number of allylic oxidation sites excluding steroid dienone is 2. The SMILES string of the molecule is CCCCCCCCCCCCCCCCCCCC/C=C/CCCC(=O)OC[C@@H](COP(=O)(O)OCC[N+](C)(C)C)OC(=O)CCCCCCCCCCCCCCC.